The molecule has 2 aliphatic heterocycles. The molecule has 5 nitrogen and oxygen atoms in total. The highest BCUT2D eigenvalue weighted by Crippen LogP contribution is 2.47. The molecule has 2 aromatic rings. The van der Waals surface area contributed by atoms with Crippen LogP contribution in [-0.2, 0) is 16.1 Å². The van der Waals surface area contributed by atoms with Gasteiger partial charge in [-0.2, -0.15) is 0 Å². The molecule has 2 amide bonds. The molecular weight excluding hydrogens is 322 g/mol. The molecule has 0 spiro atoms. The van der Waals surface area contributed by atoms with Gasteiger partial charge in [0.15, 0.2) is 0 Å². The van der Waals surface area contributed by atoms with Crippen LogP contribution in [0.5, 0.6) is 0 Å². The Morgan fingerprint density at radius 1 is 1.42 bits per heavy atom. The number of aromatic nitrogens is 1. The molecule has 2 aliphatic rings. The zero-order chi connectivity index (χ0) is 16.7. The Balaban J connectivity index is 1.50. The van der Waals surface area contributed by atoms with Gasteiger partial charge >= 0.3 is 0 Å². The Hall–Kier alpha value is -2.08. The highest BCUT2D eigenvalue weighted by molar-refractivity contribution is 8.01. The topological polar surface area (TPSA) is 62.3 Å². The number of para-hydroxylation sites is 1. The van der Waals surface area contributed by atoms with Crippen molar-refractivity contribution in [2.75, 3.05) is 5.75 Å². The first-order valence-electron chi connectivity index (χ1n) is 8.15. The lowest BCUT2D eigenvalue weighted by molar-refractivity contribution is -0.138. The largest absolute Gasteiger partial charge is 0.350 e. The predicted octanol–water partition coefficient (Wildman–Crippen LogP) is 2.30. The first-order chi connectivity index (χ1) is 11.6. The van der Waals surface area contributed by atoms with Gasteiger partial charge in [-0.15, -0.1) is 11.8 Å². The number of nitrogens with one attached hydrogen (secondary N) is 1. The van der Waals surface area contributed by atoms with Gasteiger partial charge in [-0.25, -0.2) is 0 Å². The van der Waals surface area contributed by atoms with Gasteiger partial charge in [0.25, 0.3) is 0 Å². The van der Waals surface area contributed by atoms with Gasteiger partial charge in [-0.1, -0.05) is 24.3 Å². The lowest BCUT2D eigenvalue weighted by Gasteiger charge is -2.29. The summed E-state index contributed by atoms with van der Waals surface area (Å²) in [5, 5.41) is 4.06. The Kier molecular flexibility index (Phi) is 3.72. The summed E-state index contributed by atoms with van der Waals surface area (Å²) in [5.41, 5.74) is 1.89. The molecule has 0 unspecified atom stereocenters. The van der Waals surface area contributed by atoms with Gasteiger partial charge < -0.3 is 10.2 Å². The van der Waals surface area contributed by atoms with Crippen LogP contribution in [0.2, 0.25) is 0 Å². The highest BCUT2D eigenvalue weighted by atomic mass is 32.2. The lowest BCUT2D eigenvalue weighted by Crippen LogP contribution is -2.49. The van der Waals surface area contributed by atoms with Crippen LogP contribution in [0, 0.1) is 0 Å². The number of nitrogens with zero attached hydrogens (tertiary/aromatic N) is 2. The summed E-state index contributed by atoms with van der Waals surface area (Å²) < 4.78 is 0. The number of carbonyl (C=O) groups excluding carboxylic acids is 2. The van der Waals surface area contributed by atoms with Crippen molar-refractivity contribution in [1.29, 1.82) is 0 Å². The van der Waals surface area contributed by atoms with Gasteiger partial charge in [-0.05, 0) is 25.0 Å². The molecule has 2 fully saturated rings. The van der Waals surface area contributed by atoms with E-state index in [9.17, 15) is 9.59 Å². The molecule has 0 aliphatic carbocycles. The van der Waals surface area contributed by atoms with Crippen molar-refractivity contribution in [1.82, 2.24) is 15.2 Å². The summed E-state index contributed by atoms with van der Waals surface area (Å²) in [6.45, 7) is 2.48. The molecule has 1 aromatic heterocycles. The molecule has 1 aromatic carbocycles. The fraction of sp³-hybridized carbons (Fsp3) is 0.389. The van der Waals surface area contributed by atoms with Gasteiger partial charge in [0.1, 0.15) is 6.04 Å². The van der Waals surface area contributed by atoms with E-state index in [0.717, 1.165) is 22.9 Å². The SMILES string of the molecule is C[C@@]12CCC(=O)N1[C@H](C(=O)NCc1cccc3cccnc13)CS2. The van der Waals surface area contributed by atoms with E-state index in [1.165, 1.54) is 0 Å². The summed E-state index contributed by atoms with van der Waals surface area (Å²) >= 11 is 1.71. The Labute approximate surface area is 144 Å². The summed E-state index contributed by atoms with van der Waals surface area (Å²) in [7, 11) is 0. The van der Waals surface area contributed by atoms with E-state index >= 15 is 0 Å². The fourth-order valence-electron chi connectivity index (χ4n) is 3.62. The van der Waals surface area contributed by atoms with Crippen molar-refractivity contribution in [2.45, 2.75) is 37.2 Å². The standard InChI is InChI=1S/C18H19N3O2S/c1-18-8-7-15(22)21(18)14(11-24-18)17(23)20-10-13-5-2-4-12-6-3-9-19-16(12)13/h2-6,9,14H,7-8,10-11H2,1H3,(H,20,23)/t14-,18+/m0/s1. The monoisotopic (exact) mass is 341 g/mol. The van der Waals surface area contributed by atoms with Crippen molar-refractivity contribution < 1.29 is 9.59 Å². The van der Waals surface area contributed by atoms with Crippen LogP contribution in [0.15, 0.2) is 36.5 Å². The van der Waals surface area contributed by atoms with Gasteiger partial charge in [-0.3, -0.25) is 14.6 Å². The summed E-state index contributed by atoms with van der Waals surface area (Å²) in [4.78, 5) is 30.8. The van der Waals surface area contributed by atoms with Crippen molar-refractivity contribution in [2.24, 2.45) is 0 Å². The van der Waals surface area contributed by atoms with Crippen LogP contribution in [0.3, 0.4) is 0 Å². The molecule has 0 radical (unpaired) electrons. The average Bonchev–Trinajstić information content (AvgIpc) is 3.09. The number of fused-ring (bicyclic) bond motifs is 2. The molecule has 0 saturated carbocycles. The van der Waals surface area contributed by atoms with E-state index in [-0.39, 0.29) is 22.7 Å². The van der Waals surface area contributed by atoms with Crippen molar-refractivity contribution in [3.05, 3.63) is 42.1 Å². The number of amides is 2. The average molecular weight is 341 g/mol. The van der Waals surface area contributed by atoms with Crippen LogP contribution in [0.1, 0.15) is 25.3 Å². The molecular formula is C18H19N3O2S. The van der Waals surface area contributed by atoms with E-state index in [2.05, 4.69) is 17.2 Å². The molecule has 1 N–H and O–H groups in total. The second-order valence-electron chi connectivity index (χ2n) is 6.48. The lowest BCUT2D eigenvalue weighted by atomic mass is 10.1. The Morgan fingerprint density at radius 2 is 2.25 bits per heavy atom. The van der Waals surface area contributed by atoms with Crippen LogP contribution in [0.25, 0.3) is 10.9 Å². The third kappa shape index (κ3) is 2.45. The number of benzene rings is 1. The summed E-state index contributed by atoms with van der Waals surface area (Å²) in [6, 6.07) is 9.51. The third-order valence-electron chi connectivity index (χ3n) is 4.92. The van der Waals surface area contributed by atoms with Gasteiger partial charge in [0.05, 0.1) is 10.4 Å². The summed E-state index contributed by atoms with van der Waals surface area (Å²) in [5.74, 6) is 0.686. The van der Waals surface area contributed by atoms with E-state index in [1.807, 2.05) is 30.3 Å². The first-order valence-corrected chi connectivity index (χ1v) is 9.13. The third-order valence-corrected chi connectivity index (χ3v) is 6.42. The van der Waals surface area contributed by atoms with E-state index in [1.54, 1.807) is 22.9 Å². The molecule has 4 rings (SSSR count). The van der Waals surface area contributed by atoms with Gasteiger partial charge in [0, 0.05) is 30.3 Å². The van der Waals surface area contributed by atoms with E-state index < -0.39 is 0 Å². The molecule has 124 valence electrons. The Bertz CT molecular complexity index is 820. The van der Waals surface area contributed by atoms with Crippen LogP contribution in [-0.4, -0.2) is 38.4 Å². The predicted molar refractivity (Wildman–Crippen MR) is 94.3 cm³/mol. The van der Waals surface area contributed by atoms with Gasteiger partial charge in [0.2, 0.25) is 11.8 Å². The van der Waals surface area contributed by atoms with Crippen molar-refractivity contribution in [3.63, 3.8) is 0 Å². The number of pyridine rings is 1. The van der Waals surface area contributed by atoms with Crippen LogP contribution >= 0.6 is 11.8 Å². The van der Waals surface area contributed by atoms with E-state index in [4.69, 9.17) is 0 Å². The number of thioether (sulfide) groups is 1. The first kappa shape index (κ1) is 15.4. The van der Waals surface area contributed by atoms with Crippen molar-refractivity contribution >= 4 is 34.5 Å². The quantitative estimate of drug-likeness (QED) is 0.930. The maximum absolute atomic E-state index is 12.6. The maximum atomic E-state index is 12.6. The second kappa shape index (κ2) is 5.77. The Morgan fingerprint density at radius 3 is 3.12 bits per heavy atom. The minimum atomic E-state index is -0.363. The molecule has 2 atom stereocenters. The molecule has 3 heterocycles. The van der Waals surface area contributed by atoms with Crippen molar-refractivity contribution in [3.8, 4) is 0 Å². The number of rotatable bonds is 3. The number of hydrogen-bond acceptors (Lipinski definition) is 4. The number of hydrogen-bond donors (Lipinski definition) is 1. The highest BCUT2D eigenvalue weighted by Gasteiger charge is 2.52. The van der Waals surface area contributed by atoms with Crippen LogP contribution in [0.4, 0.5) is 0 Å². The second-order valence-corrected chi connectivity index (χ2v) is 7.98. The molecule has 2 saturated heterocycles. The minimum absolute atomic E-state index is 0.0746. The maximum Gasteiger partial charge on any atom is 0.243 e. The normalized spacial score (nSPS) is 26.0. The summed E-state index contributed by atoms with van der Waals surface area (Å²) in [6.07, 6.45) is 3.13. The molecule has 0 bridgehead atoms. The zero-order valence-electron chi connectivity index (χ0n) is 13.5. The molecule has 6 heteroatoms. The fourth-order valence-corrected chi connectivity index (χ4v) is 5.06. The minimum Gasteiger partial charge on any atom is -0.350 e. The molecule has 24 heavy (non-hydrogen) atoms. The van der Waals surface area contributed by atoms with E-state index in [0.29, 0.717) is 18.7 Å². The number of carbonyl (C=O) groups is 2. The smallest absolute Gasteiger partial charge is 0.243 e. The zero-order valence-corrected chi connectivity index (χ0v) is 14.3. The van der Waals surface area contributed by atoms with Crippen LogP contribution < -0.4 is 5.32 Å².